The molecule has 2 heterocycles. The molecule has 0 saturated carbocycles. The fourth-order valence-corrected chi connectivity index (χ4v) is 4.79. The van der Waals surface area contributed by atoms with Crippen LogP contribution >= 0.6 is 0 Å². The predicted octanol–water partition coefficient (Wildman–Crippen LogP) is 6.17. The first kappa shape index (κ1) is 23.9. The number of aliphatic imine (C=N–C) groups is 1. The summed E-state index contributed by atoms with van der Waals surface area (Å²) in [6.45, 7) is 1.86. The summed E-state index contributed by atoms with van der Waals surface area (Å²) in [5, 5.41) is 0. The summed E-state index contributed by atoms with van der Waals surface area (Å²) >= 11 is 0. The first-order chi connectivity index (χ1) is 18.8. The quantitative estimate of drug-likeness (QED) is 0.271. The Kier molecular flexibility index (Phi) is 6.85. The molecule has 0 bridgehead atoms. The SMILES string of the molecule is COc1cc2c(cc1OCc1ccccc1)C(Cc1cc3c(cc1OCc1ccccc1)OCO3)=NCC2. The fourth-order valence-electron chi connectivity index (χ4n) is 4.79. The maximum atomic E-state index is 6.29. The molecule has 0 amide bonds. The van der Waals surface area contributed by atoms with Crippen LogP contribution in [0.3, 0.4) is 0 Å². The first-order valence-electron chi connectivity index (χ1n) is 12.8. The highest BCUT2D eigenvalue weighted by molar-refractivity contribution is 6.04. The lowest BCUT2D eigenvalue weighted by Crippen LogP contribution is -2.16. The number of rotatable bonds is 9. The van der Waals surface area contributed by atoms with E-state index in [1.54, 1.807) is 7.11 Å². The Balaban J connectivity index is 1.29. The van der Waals surface area contributed by atoms with E-state index in [2.05, 4.69) is 24.3 Å². The molecule has 4 aromatic carbocycles. The number of hydrogen-bond acceptors (Lipinski definition) is 6. The third-order valence-electron chi connectivity index (χ3n) is 6.77. The highest BCUT2D eigenvalue weighted by atomic mass is 16.7. The van der Waals surface area contributed by atoms with Gasteiger partial charge in [-0.1, -0.05) is 60.7 Å². The highest BCUT2D eigenvalue weighted by Gasteiger charge is 2.23. The summed E-state index contributed by atoms with van der Waals surface area (Å²) in [4.78, 5) is 4.93. The summed E-state index contributed by atoms with van der Waals surface area (Å²) < 4.78 is 29.5. The summed E-state index contributed by atoms with van der Waals surface area (Å²) in [5.41, 5.74) is 6.46. The molecule has 6 rings (SSSR count). The van der Waals surface area contributed by atoms with E-state index in [9.17, 15) is 0 Å². The Labute approximate surface area is 222 Å². The second kappa shape index (κ2) is 10.9. The lowest BCUT2D eigenvalue weighted by molar-refractivity contribution is 0.173. The smallest absolute Gasteiger partial charge is 0.231 e. The normalized spacial score (nSPS) is 13.4. The van der Waals surface area contributed by atoms with Gasteiger partial charge in [-0.05, 0) is 41.3 Å². The summed E-state index contributed by atoms with van der Waals surface area (Å²) in [7, 11) is 1.68. The van der Waals surface area contributed by atoms with Gasteiger partial charge in [0.05, 0.1) is 7.11 Å². The Hall–Kier alpha value is -4.45. The number of ether oxygens (including phenoxy) is 5. The van der Waals surface area contributed by atoms with E-state index in [0.717, 1.165) is 58.2 Å². The van der Waals surface area contributed by atoms with Gasteiger partial charge >= 0.3 is 0 Å². The van der Waals surface area contributed by atoms with Crippen molar-refractivity contribution in [2.24, 2.45) is 4.99 Å². The third kappa shape index (κ3) is 5.16. The number of methoxy groups -OCH3 is 1. The van der Waals surface area contributed by atoms with Gasteiger partial charge in [0.1, 0.15) is 19.0 Å². The molecule has 38 heavy (non-hydrogen) atoms. The van der Waals surface area contributed by atoms with Gasteiger partial charge in [-0.15, -0.1) is 0 Å². The van der Waals surface area contributed by atoms with Crippen LogP contribution in [0.4, 0.5) is 0 Å². The van der Waals surface area contributed by atoms with Gasteiger partial charge < -0.3 is 23.7 Å². The van der Waals surface area contributed by atoms with Gasteiger partial charge in [-0.3, -0.25) is 4.99 Å². The van der Waals surface area contributed by atoms with Crippen molar-refractivity contribution in [2.45, 2.75) is 26.1 Å². The van der Waals surface area contributed by atoms with Crippen molar-refractivity contribution in [2.75, 3.05) is 20.4 Å². The molecule has 2 aliphatic rings. The Bertz CT molecular complexity index is 1450. The van der Waals surface area contributed by atoms with E-state index in [0.29, 0.717) is 31.1 Å². The average molecular weight is 508 g/mol. The zero-order chi connectivity index (χ0) is 25.7. The summed E-state index contributed by atoms with van der Waals surface area (Å²) in [6, 6.07) is 28.3. The topological polar surface area (TPSA) is 58.5 Å². The predicted molar refractivity (Wildman–Crippen MR) is 146 cm³/mol. The molecule has 0 saturated heterocycles. The zero-order valence-corrected chi connectivity index (χ0v) is 21.3. The number of benzene rings is 4. The van der Waals surface area contributed by atoms with Crippen LogP contribution in [0, 0.1) is 0 Å². The summed E-state index contributed by atoms with van der Waals surface area (Å²) in [5.74, 6) is 3.63. The van der Waals surface area contributed by atoms with Crippen LogP contribution in [-0.4, -0.2) is 26.2 Å². The van der Waals surface area contributed by atoms with Gasteiger partial charge in [-0.25, -0.2) is 0 Å². The molecule has 0 aliphatic carbocycles. The van der Waals surface area contributed by atoms with Crippen molar-refractivity contribution >= 4 is 5.71 Å². The number of fused-ring (bicyclic) bond motifs is 2. The molecule has 0 aromatic heterocycles. The fraction of sp³-hybridized carbons (Fsp3) is 0.219. The van der Waals surface area contributed by atoms with Crippen molar-refractivity contribution in [1.82, 2.24) is 0 Å². The molecule has 6 heteroatoms. The van der Waals surface area contributed by atoms with Gasteiger partial charge in [0.15, 0.2) is 23.0 Å². The minimum absolute atomic E-state index is 0.211. The number of hydrogen-bond donors (Lipinski definition) is 0. The van der Waals surface area contributed by atoms with E-state index in [-0.39, 0.29) is 6.79 Å². The first-order valence-corrected chi connectivity index (χ1v) is 12.8. The molecule has 0 N–H and O–H groups in total. The molecule has 4 aromatic rings. The van der Waals surface area contributed by atoms with Crippen molar-refractivity contribution in [3.63, 3.8) is 0 Å². The maximum absolute atomic E-state index is 6.29. The van der Waals surface area contributed by atoms with Gasteiger partial charge in [0, 0.05) is 35.9 Å². The lowest BCUT2D eigenvalue weighted by atomic mass is 9.92. The molecule has 0 unspecified atom stereocenters. The van der Waals surface area contributed by atoms with Crippen molar-refractivity contribution in [1.29, 1.82) is 0 Å². The van der Waals surface area contributed by atoms with Crippen LogP contribution in [-0.2, 0) is 26.1 Å². The van der Waals surface area contributed by atoms with Crippen molar-refractivity contribution < 1.29 is 23.7 Å². The van der Waals surface area contributed by atoms with E-state index < -0.39 is 0 Å². The van der Waals surface area contributed by atoms with Crippen LogP contribution in [0.2, 0.25) is 0 Å². The molecule has 6 nitrogen and oxygen atoms in total. The molecule has 192 valence electrons. The van der Waals surface area contributed by atoms with E-state index in [1.165, 1.54) is 5.56 Å². The van der Waals surface area contributed by atoms with Crippen LogP contribution in [0.15, 0.2) is 89.9 Å². The molecule has 0 fully saturated rings. The minimum atomic E-state index is 0.211. The third-order valence-corrected chi connectivity index (χ3v) is 6.77. The second-order valence-electron chi connectivity index (χ2n) is 9.28. The van der Waals surface area contributed by atoms with Gasteiger partial charge in [-0.2, -0.15) is 0 Å². The van der Waals surface area contributed by atoms with E-state index in [4.69, 9.17) is 28.7 Å². The maximum Gasteiger partial charge on any atom is 0.231 e. The molecular weight excluding hydrogens is 478 g/mol. The monoisotopic (exact) mass is 507 g/mol. The second-order valence-corrected chi connectivity index (χ2v) is 9.28. The Morgan fingerprint density at radius 1 is 0.737 bits per heavy atom. The van der Waals surface area contributed by atoms with Gasteiger partial charge in [0.25, 0.3) is 0 Å². The molecule has 0 radical (unpaired) electrons. The molecule has 0 atom stereocenters. The molecule has 0 spiro atoms. The van der Waals surface area contributed by atoms with Gasteiger partial charge in [0.2, 0.25) is 6.79 Å². The van der Waals surface area contributed by atoms with Crippen molar-refractivity contribution in [3.05, 3.63) is 113 Å². The van der Waals surface area contributed by atoms with Crippen molar-refractivity contribution in [3.8, 4) is 28.7 Å². The van der Waals surface area contributed by atoms with Crippen LogP contribution in [0.1, 0.15) is 27.8 Å². The zero-order valence-electron chi connectivity index (χ0n) is 21.3. The highest BCUT2D eigenvalue weighted by Crippen LogP contribution is 2.40. The van der Waals surface area contributed by atoms with Crippen LogP contribution in [0.25, 0.3) is 0 Å². The lowest BCUT2D eigenvalue weighted by Gasteiger charge is -2.21. The van der Waals surface area contributed by atoms with Crippen LogP contribution < -0.4 is 23.7 Å². The largest absolute Gasteiger partial charge is 0.493 e. The molecular formula is C32H29NO5. The van der Waals surface area contributed by atoms with E-state index >= 15 is 0 Å². The Morgan fingerprint density at radius 2 is 1.39 bits per heavy atom. The Morgan fingerprint density at radius 3 is 2.08 bits per heavy atom. The number of nitrogens with zero attached hydrogens (tertiary/aromatic N) is 1. The minimum Gasteiger partial charge on any atom is -0.493 e. The van der Waals surface area contributed by atoms with E-state index in [1.807, 2.05) is 60.7 Å². The summed E-state index contributed by atoms with van der Waals surface area (Å²) in [6.07, 6.45) is 1.45. The average Bonchev–Trinajstić information content (AvgIpc) is 3.43. The van der Waals surface area contributed by atoms with Crippen LogP contribution in [0.5, 0.6) is 28.7 Å². The standard InChI is InChI=1S/C32H29NO5/c1-34-29-15-24-12-13-33-27(26(24)17-31(29)36-20-23-10-6-3-7-11-23)14-25-16-30-32(38-21-37-30)18-28(25)35-19-22-8-4-2-5-9-22/h2-11,15-18H,12-14,19-21H2,1H3. The molecule has 2 aliphatic heterocycles.